The van der Waals surface area contributed by atoms with Crippen LogP contribution in [0.5, 0.6) is 0 Å². The molecule has 3 heteroatoms. The SMILES string of the molecule is CNC(Cc1cc(C)ccc1C)Cc1cc(Cl)ccc1Cl. The van der Waals surface area contributed by atoms with E-state index in [2.05, 4.69) is 37.4 Å². The van der Waals surface area contributed by atoms with E-state index in [4.69, 9.17) is 23.2 Å². The lowest BCUT2D eigenvalue weighted by Crippen LogP contribution is -2.30. The second kappa shape index (κ2) is 7.31. The highest BCUT2D eigenvalue weighted by molar-refractivity contribution is 6.33. The molecular weight excluding hydrogens is 301 g/mol. The Kier molecular flexibility index (Phi) is 5.69. The summed E-state index contributed by atoms with van der Waals surface area (Å²) in [5.41, 5.74) is 5.10. The molecule has 2 rings (SSSR count). The average molecular weight is 322 g/mol. The van der Waals surface area contributed by atoms with Crippen LogP contribution < -0.4 is 5.32 Å². The van der Waals surface area contributed by atoms with Crippen LogP contribution in [0.15, 0.2) is 36.4 Å². The molecule has 0 aromatic heterocycles. The van der Waals surface area contributed by atoms with Crippen LogP contribution >= 0.6 is 23.2 Å². The fraction of sp³-hybridized carbons (Fsp3) is 0.333. The van der Waals surface area contributed by atoms with Crippen LogP contribution in [0.25, 0.3) is 0 Å². The smallest absolute Gasteiger partial charge is 0.0439 e. The van der Waals surface area contributed by atoms with Gasteiger partial charge in [0.1, 0.15) is 0 Å². The maximum absolute atomic E-state index is 6.27. The van der Waals surface area contributed by atoms with Crippen LogP contribution in [-0.4, -0.2) is 13.1 Å². The van der Waals surface area contributed by atoms with Crippen molar-refractivity contribution in [2.24, 2.45) is 0 Å². The molecule has 0 amide bonds. The lowest BCUT2D eigenvalue weighted by atomic mass is 9.95. The van der Waals surface area contributed by atoms with E-state index >= 15 is 0 Å². The van der Waals surface area contributed by atoms with E-state index in [9.17, 15) is 0 Å². The summed E-state index contributed by atoms with van der Waals surface area (Å²) < 4.78 is 0. The number of benzene rings is 2. The summed E-state index contributed by atoms with van der Waals surface area (Å²) in [5.74, 6) is 0. The van der Waals surface area contributed by atoms with Gasteiger partial charge in [0.05, 0.1) is 0 Å². The van der Waals surface area contributed by atoms with Crippen LogP contribution in [0.4, 0.5) is 0 Å². The molecular formula is C18H21Cl2N. The minimum Gasteiger partial charge on any atom is -0.316 e. The van der Waals surface area contributed by atoms with Gasteiger partial charge in [-0.2, -0.15) is 0 Å². The molecule has 0 aliphatic carbocycles. The van der Waals surface area contributed by atoms with Crippen molar-refractivity contribution in [2.45, 2.75) is 32.7 Å². The molecule has 0 aliphatic rings. The van der Waals surface area contributed by atoms with Gasteiger partial charge in [0.25, 0.3) is 0 Å². The molecule has 2 aromatic rings. The van der Waals surface area contributed by atoms with E-state index < -0.39 is 0 Å². The molecule has 2 aromatic carbocycles. The van der Waals surface area contributed by atoms with Gasteiger partial charge in [0.2, 0.25) is 0 Å². The molecule has 112 valence electrons. The van der Waals surface area contributed by atoms with Gasteiger partial charge in [-0.3, -0.25) is 0 Å². The summed E-state index contributed by atoms with van der Waals surface area (Å²) in [5, 5.41) is 4.90. The van der Waals surface area contributed by atoms with E-state index in [-0.39, 0.29) is 0 Å². The van der Waals surface area contributed by atoms with Gasteiger partial charge in [-0.05, 0) is 68.6 Å². The highest BCUT2D eigenvalue weighted by atomic mass is 35.5. The molecule has 0 saturated carbocycles. The van der Waals surface area contributed by atoms with Gasteiger partial charge in [-0.25, -0.2) is 0 Å². The van der Waals surface area contributed by atoms with Gasteiger partial charge < -0.3 is 5.32 Å². The second-order valence-corrected chi connectivity index (χ2v) is 6.40. The van der Waals surface area contributed by atoms with Crippen LogP contribution in [0.2, 0.25) is 10.0 Å². The summed E-state index contributed by atoms with van der Waals surface area (Å²) in [4.78, 5) is 0. The molecule has 1 N–H and O–H groups in total. The van der Waals surface area contributed by atoms with Gasteiger partial charge in [-0.15, -0.1) is 0 Å². The number of aryl methyl sites for hydroxylation is 2. The zero-order valence-electron chi connectivity index (χ0n) is 12.7. The third-order valence-electron chi connectivity index (χ3n) is 3.85. The van der Waals surface area contributed by atoms with Crippen molar-refractivity contribution in [1.29, 1.82) is 0 Å². The Bertz CT molecular complexity index is 569. The molecule has 1 atom stereocenters. The first-order valence-electron chi connectivity index (χ1n) is 7.17. The first kappa shape index (κ1) is 16.4. The number of nitrogens with one attached hydrogen (secondary N) is 1. The van der Waals surface area contributed by atoms with E-state index in [1.165, 1.54) is 16.7 Å². The normalized spacial score (nSPS) is 12.4. The zero-order chi connectivity index (χ0) is 15.4. The lowest BCUT2D eigenvalue weighted by molar-refractivity contribution is 0.555. The first-order valence-corrected chi connectivity index (χ1v) is 7.92. The highest BCUT2D eigenvalue weighted by Gasteiger charge is 2.12. The molecule has 0 radical (unpaired) electrons. The molecule has 0 saturated heterocycles. The third kappa shape index (κ3) is 4.47. The summed E-state index contributed by atoms with van der Waals surface area (Å²) in [6.07, 6.45) is 1.84. The summed E-state index contributed by atoms with van der Waals surface area (Å²) >= 11 is 12.3. The Labute approximate surface area is 137 Å². The summed E-state index contributed by atoms with van der Waals surface area (Å²) in [7, 11) is 1.99. The minimum absolute atomic E-state index is 0.335. The number of hydrogen-bond acceptors (Lipinski definition) is 1. The molecule has 0 bridgehead atoms. The Hall–Kier alpha value is -1.02. The standard InChI is InChI=1S/C18H21Cl2N/c1-12-4-5-13(2)14(8-12)10-17(21-3)11-15-9-16(19)6-7-18(15)20/h4-9,17,21H,10-11H2,1-3H3. The maximum atomic E-state index is 6.27. The number of rotatable bonds is 5. The Morgan fingerprint density at radius 1 is 0.952 bits per heavy atom. The second-order valence-electron chi connectivity index (χ2n) is 5.56. The fourth-order valence-electron chi connectivity index (χ4n) is 2.53. The van der Waals surface area contributed by atoms with Crippen molar-refractivity contribution in [3.63, 3.8) is 0 Å². The van der Waals surface area contributed by atoms with E-state index in [0.717, 1.165) is 28.5 Å². The largest absolute Gasteiger partial charge is 0.316 e. The number of hydrogen-bond donors (Lipinski definition) is 1. The van der Waals surface area contributed by atoms with Gasteiger partial charge in [-0.1, -0.05) is 47.0 Å². The Morgan fingerprint density at radius 2 is 1.67 bits per heavy atom. The predicted molar refractivity (Wildman–Crippen MR) is 92.6 cm³/mol. The lowest BCUT2D eigenvalue weighted by Gasteiger charge is -2.19. The topological polar surface area (TPSA) is 12.0 Å². The van der Waals surface area contributed by atoms with E-state index in [1.54, 1.807) is 0 Å². The maximum Gasteiger partial charge on any atom is 0.0439 e. The van der Waals surface area contributed by atoms with Crippen LogP contribution in [0, 0.1) is 13.8 Å². The third-order valence-corrected chi connectivity index (χ3v) is 4.46. The van der Waals surface area contributed by atoms with Crippen molar-refractivity contribution in [3.05, 3.63) is 68.7 Å². The molecule has 1 nitrogen and oxygen atoms in total. The average Bonchev–Trinajstić information content (AvgIpc) is 2.45. The monoisotopic (exact) mass is 321 g/mol. The van der Waals surface area contributed by atoms with E-state index in [0.29, 0.717) is 6.04 Å². The van der Waals surface area contributed by atoms with Crippen LogP contribution in [-0.2, 0) is 12.8 Å². The molecule has 1 unspecified atom stereocenters. The van der Waals surface area contributed by atoms with Crippen molar-refractivity contribution >= 4 is 23.2 Å². The predicted octanol–water partition coefficient (Wildman–Crippen LogP) is 4.98. The van der Waals surface area contributed by atoms with Gasteiger partial charge >= 0.3 is 0 Å². The van der Waals surface area contributed by atoms with Crippen molar-refractivity contribution in [2.75, 3.05) is 7.05 Å². The zero-order valence-corrected chi connectivity index (χ0v) is 14.2. The summed E-state index contributed by atoms with van der Waals surface area (Å²) in [6.45, 7) is 4.29. The van der Waals surface area contributed by atoms with Gasteiger partial charge in [0.15, 0.2) is 0 Å². The number of likely N-dealkylation sites (N-methyl/N-ethyl adjacent to an activating group) is 1. The van der Waals surface area contributed by atoms with Crippen LogP contribution in [0.1, 0.15) is 22.3 Å². The quantitative estimate of drug-likeness (QED) is 0.818. The molecule has 0 spiro atoms. The molecule has 0 heterocycles. The van der Waals surface area contributed by atoms with Crippen molar-refractivity contribution in [1.82, 2.24) is 5.32 Å². The minimum atomic E-state index is 0.335. The first-order chi connectivity index (χ1) is 9.99. The number of halogens is 2. The fourth-order valence-corrected chi connectivity index (χ4v) is 2.92. The molecule has 21 heavy (non-hydrogen) atoms. The van der Waals surface area contributed by atoms with E-state index in [1.807, 2.05) is 25.2 Å². The van der Waals surface area contributed by atoms with Crippen molar-refractivity contribution in [3.8, 4) is 0 Å². The van der Waals surface area contributed by atoms with Crippen LogP contribution in [0.3, 0.4) is 0 Å². The Balaban J connectivity index is 2.16. The van der Waals surface area contributed by atoms with Gasteiger partial charge in [0, 0.05) is 16.1 Å². The highest BCUT2D eigenvalue weighted by Crippen LogP contribution is 2.23. The Morgan fingerprint density at radius 3 is 2.38 bits per heavy atom. The molecule has 0 aliphatic heterocycles. The summed E-state index contributed by atoms with van der Waals surface area (Å²) in [6, 6.07) is 12.6. The molecule has 0 fully saturated rings. The van der Waals surface area contributed by atoms with Crippen molar-refractivity contribution < 1.29 is 0 Å².